The van der Waals surface area contributed by atoms with Crippen LogP contribution < -0.4 is 5.73 Å². The molecule has 57 unspecified atom stereocenters. The van der Waals surface area contributed by atoms with Gasteiger partial charge >= 0.3 is 23.9 Å². The molecule has 0 saturated carbocycles. The first kappa shape index (κ1) is 196. The van der Waals surface area contributed by atoms with E-state index in [9.17, 15) is 24.0 Å². The lowest BCUT2D eigenvalue weighted by Crippen LogP contribution is -2.30. The maximum atomic E-state index is 11.6. The number of carbonyl (C=O) groups excluding carboxylic acids is 4. The molecule has 0 spiro atoms. The van der Waals surface area contributed by atoms with E-state index in [4.69, 9.17) is 20.3 Å². The summed E-state index contributed by atoms with van der Waals surface area (Å²) in [6.07, 6.45) is 3.55. The van der Waals surface area contributed by atoms with Gasteiger partial charge in [0.05, 0.1) is 40.9 Å². The van der Waals surface area contributed by atoms with Gasteiger partial charge in [-0.25, -0.2) is 4.79 Å². The van der Waals surface area contributed by atoms with Crippen LogP contribution in [0.25, 0.3) is 0 Å². The van der Waals surface area contributed by atoms with Crippen LogP contribution in [0.4, 0.5) is 0 Å². The van der Waals surface area contributed by atoms with Crippen molar-refractivity contribution in [2.24, 2.45) is 27.4 Å². The second-order valence-corrected chi connectivity index (χ2v) is 443. The summed E-state index contributed by atoms with van der Waals surface area (Å²) in [6, 6.07) is 0. The third-order valence-corrected chi connectivity index (χ3v) is 696. The molecule has 0 bridgehead atoms. The van der Waals surface area contributed by atoms with Crippen LogP contribution in [0.2, 0.25) is 0 Å². The zero-order valence-corrected chi connectivity index (χ0v) is 188. The van der Waals surface area contributed by atoms with Crippen molar-refractivity contribution in [3.8, 4) is 0 Å². The van der Waals surface area contributed by atoms with Crippen molar-refractivity contribution in [2.45, 2.75) is 126 Å². The highest BCUT2D eigenvalue weighted by Gasteiger charge is 2.77. The molecule has 3 N–H and O–H groups in total. The zero-order valence-electron chi connectivity index (χ0n) is 82.5. The normalized spacial score (nSPS) is 14.4. The van der Waals surface area contributed by atoms with Crippen LogP contribution in [0.15, 0.2) is 12.2 Å². The number of primary amides is 1. The van der Waals surface area contributed by atoms with Crippen LogP contribution in [-0.2, 0) is 38.2 Å². The molecule has 0 aliphatic heterocycles. The summed E-state index contributed by atoms with van der Waals surface area (Å²) in [6.45, 7) is 3.47. The van der Waals surface area contributed by atoms with Gasteiger partial charge in [-0.15, -0.1) is 473 Å². The lowest BCUT2D eigenvalue weighted by Gasteiger charge is -2.72. The van der Waals surface area contributed by atoms with Gasteiger partial charge in [-0.1, -0.05) is 56.1 Å². The predicted molar refractivity (Wildman–Crippen MR) is 1030 cm³/mol. The third-order valence-electron chi connectivity index (χ3n) is 16.9. The fraction of sp³-hybridized carbons (Fsp3) is 0.788. The molecule has 146 heavy (non-hydrogen) atoms. The van der Waals surface area contributed by atoms with E-state index in [1.54, 1.807) is 20.8 Å². The molecule has 0 fully saturated rings. The Hall–Kier alpha value is 41.4. The number of rotatable bonds is 63. The first-order valence-electron chi connectivity index (χ1n) is 38.3. The van der Waals surface area contributed by atoms with Gasteiger partial charge in [0.15, 0.2) is 0 Å². The molecule has 874 valence electrons. The summed E-state index contributed by atoms with van der Waals surface area (Å²) < 4.78 is 14.7. The first-order valence-corrected chi connectivity index (χ1v) is 224. The van der Waals surface area contributed by atoms with Crippen molar-refractivity contribution < 1.29 is 43.3 Å². The molecule has 0 aliphatic carbocycles. The molecule has 0 aromatic heterocycles. The van der Waals surface area contributed by atoms with Crippen LogP contribution in [0.3, 0.4) is 0 Å². The van der Waals surface area contributed by atoms with Crippen LogP contribution in [0, 0.1) is 21.7 Å². The van der Waals surface area contributed by atoms with Gasteiger partial charge in [-0.3, -0.25) is 19.2 Å². The fourth-order valence-corrected chi connectivity index (χ4v) is 1360. The van der Waals surface area contributed by atoms with Gasteiger partial charge < -0.3 is 25.1 Å². The number of carboxylic acids is 1. The summed E-state index contributed by atoms with van der Waals surface area (Å²) in [4.78, 5) is 54.1. The van der Waals surface area contributed by atoms with Gasteiger partial charge in [0.2, 0.25) is 5.91 Å². The van der Waals surface area contributed by atoms with Crippen molar-refractivity contribution in [2.75, 3.05) is 20.3 Å². The second-order valence-electron chi connectivity index (χ2n) is 29.4. The Morgan fingerprint density at radius 1 is 0.267 bits per heavy atom. The molecule has 10 nitrogen and oxygen atoms in total. The number of methoxy groups -OCH3 is 1. The summed E-state index contributed by atoms with van der Waals surface area (Å²) in [5.74, 6) is -1.71. The van der Waals surface area contributed by atoms with Crippen LogP contribution in [-0.4, -0.2) is 59.6 Å². The smallest absolute Gasteiger partial charge is 0.333 e. The molecular weight excluding hydrogens is 3740 g/mol. The molecule has 0 aromatic carbocycles. The Labute approximate surface area is 1070 Å². The summed E-state index contributed by atoms with van der Waals surface area (Å²) in [5.41, 5.74) is 3.79. The number of carbonyl (C=O) groups is 5. The second kappa shape index (κ2) is 105. The monoisotopic (exact) mass is 3910 g/mol. The SMILES string of the molecule is C=C(C)C(=O)OCCCOC(=O)C(C)(C)CC.CCC(C)(C)C(=O)O.CCC(C)(C)C(=O)OC.CCC(C)(C)C(N)=O.PPP(P(P)P)P(P(P)P)P(P(P(P(P)P)P(P)P)P(P(P)P)P(P)P)C(P(P(P(P)P)P(P)P)P(P(P)P)P(P)P)(P(P(P(P(P)P)P(P)P)P(P(P)P)P(P)P)P(P(P(P)P)P(P)P)P(P(P)P)P(P)P)P(P(P(P(P)P)P(P)P)P(P(P)P)P(P)P)P(P(P(P)P)P(P)P)P(P(P)P)P(P)P. The average molecular weight is 3910 g/mol. The summed E-state index contributed by atoms with van der Waals surface area (Å²) in [7, 11) is 205. The Morgan fingerprint density at radius 3 is 0.562 bits per heavy atom. The lowest BCUT2D eigenvalue weighted by molar-refractivity contribution is -0.155. The molecule has 113 heteroatoms. The van der Waals surface area contributed by atoms with Crippen molar-refractivity contribution in [3.63, 3.8) is 0 Å². The van der Waals surface area contributed by atoms with Crippen LogP contribution >= 0.6 is 825 Å². The van der Waals surface area contributed by atoms with E-state index >= 15 is 0 Å². The average Bonchev–Trinajstić information content (AvgIpc) is 0.669. The number of aliphatic carboxylic acids is 1. The maximum absolute atomic E-state index is 11.6. The molecule has 0 heterocycles. The number of hydrogen-bond donors (Lipinski definition) is 2. The first-order chi connectivity index (χ1) is 66.2. The largest absolute Gasteiger partial charge is 0.481 e. The van der Waals surface area contributed by atoms with Gasteiger partial charge in [-0.2, -0.15) is 0 Å². The quantitative estimate of drug-likeness (QED) is 0.0199. The number of esters is 3. The molecule has 0 aliphatic rings. The number of carboxylic acid groups (broad SMARTS) is 1. The van der Waals surface area contributed by atoms with Gasteiger partial charge in [0.25, 0.3) is 0 Å². The highest BCUT2D eigenvalue weighted by Crippen LogP contribution is 3.52. The minimum absolute atomic E-state index is 0.134. The maximum Gasteiger partial charge on any atom is 0.333 e. The minimum Gasteiger partial charge on any atom is -0.481 e. The van der Waals surface area contributed by atoms with Gasteiger partial charge in [-0.05, 0) is 418 Å². The Bertz CT molecular complexity index is 3150. The van der Waals surface area contributed by atoms with E-state index in [1.807, 2.05) is 69.2 Å². The molecule has 0 saturated heterocycles. The van der Waals surface area contributed by atoms with E-state index < -0.39 is 366 Å². The molecule has 0 aromatic rings. The Balaban J connectivity index is -0.00000129. The number of amides is 1. The number of ether oxygens (including phenoxy) is 3. The van der Waals surface area contributed by atoms with E-state index in [2.05, 4.69) is 485 Å². The van der Waals surface area contributed by atoms with E-state index in [1.165, 1.54) is 7.11 Å². The summed E-state index contributed by atoms with van der Waals surface area (Å²) >= 11 is 0. The molecule has 57 atom stereocenters. The van der Waals surface area contributed by atoms with E-state index in [0.29, 0.717) is 18.4 Å². The minimum atomic E-state index is -0.828. The molecule has 0 rings (SSSR count). The highest BCUT2D eigenvalue weighted by molar-refractivity contribution is 9.49. The van der Waals surface area contributed by atoms with E-state index in [0.717, 1.165) is 27.2 Å². The number of hydrogen-bond acceptors (Lipinski definition) is 8. The standard InChI is InChI=1S/C13H22O4.C7H14O2.C6H13NO.C6H12O2.CH107P103/c1-6-13(4,5)12(15)17-9-7-8-16-11(14)10(2)3;1-5-7(2,3)6(8)9-4;2*1-4-6(2,3)5(7)8;2-55-86(60(3)4)89(65(13)14)57(90(95(66(15)16)67(17)18)96(68(19)20)69(21)22)1(56(87(61(5)6)62(7)8)88(63(9)10)64(11)12,58(91(97(70(23)24)71(25)26)98(72(27)28)73(29)30)92(99(74(31)32)75(33)34)100(76(35)36)77(37)38)59(93(101(78(39)40)79(41)42)102(80(43)44)81(45)46)94(103(82(47)48)83(49)50)104(84(51)52)85(53)54/h2,6-9H2,1,3-5H3;5H2,1-4H3;4H2,1-3H3,(H2,7,8);4H2,1-3H3,(H,7,8);55H,2-54H2. The Morgan fingerprint density at radius 2 is 0.438 bits per heavy atom. The topological polar surface area (TPSA) is 159 Å². The fourth-order valence-electron chi connectivity index (χ4n) is 8.60. The highest BCUT2D eigenvalue weighted by atomic mass is 33.5. The van der Waals surface area contributed by atoms with E-state index in [-0.39, 0.29) is 46.3 Å². The van der Waals surface area contributed by atoms with Crippen molar-refractivity contribution in [1.29, 1.82) is 0 Å². The third kappa shape index (κ3) is 71.3. The zero-order chi connectivity index (χ0) is 117. The Kier molecular flexibility index (Phi) is 140. The molecule has 0 radical (unpaired) electrons. The molecular formula is C33H168NO9P103. The van der Waals surface area contributed by atoms with Crippen molar-refractivity contribution in [3.05, 3.63) is 12.2 Å². The molecule has 1 amide bonds. The van der Waals surface area contributed by atoms with Gasteiger partial charge in [0, 0.05) is 17.4 Å². The van der Waals surface area contributed by atoms with Crippen molar-refractivity contribution >= 4 is 855 Å². The summed E-state index contributed by atoms with van der Waals surface area (Å²) in [5, 5.41) is 8.44. The lowest BCUT2D eigenvalue weighted by atomic mass is 9.90. The van der Waals surface area contributed by atoms with Gasteiger partial charge in [0.1, 0.15) is 0 Å². The van der Waals surface area contributed by atoms with Crippen LogP contribution in [0.5, 0.6) is 0 Å². The number of nitrogens with two attached hydrogens (primary N) is 1. The van der Waals surface area contributed by atoms with Crippen molar-refractivity contribution in [1.82, 2.24) is 0 Å². The predicted octanol–water partition coefficient (Wildman–Crippen LogP) is 66.3. The van der Waals surface area contributed by atoms with Crippen LogP contribution in [0.1, 0.15) is 122 Å².